The van der Waals surface area contributed by atoms with Crippen molar-refractivity contribution in [2.75, 3.05) is 54.7 Å². The Hall–Kier alpha value is -2.96. The van der Waals surface area contributed by atoms with Crippen molar-refractivity contribution >= 4 is 55.3 Å². The Morgan fingerprint density at radius 3 is 2.44 bits per heavy atom. The number of morpholine rings is 1. The molecule has 2 aromatic heterocycles. The number of fused-ring (bicyclic) bond motifs is 1. The molecule has 218 valence electrons. The molecule has 1 aromatic carbocycles. The summed E-state index contributed by atoms with van der Waals surface area (Å²) in [6.45, 7) is 7.70. The van der Waals surface area contributed by atoms with Crippen LogP contribution in [-0.4, -0.2) is 67.1 Å². The van der Waals surface area contributed by atoms with Gasteiger partial charge in [-0.15, -0.1) is 0 Å². The second-order valence-corrected chi connectivity index (χ2v) is 11.7. The van der Waals surface area contributed by atoms with Crippen molar-refractivity contribution in [3.8, 4) is 5.88 Å². The molecule has 0 radical (unpaired) electrons. The number of carbonyl (C=O) groups excluding carboxylic acids is 1. The van der Waals surface area contributed by atoms with Crippen LogP contribution in [0.1, 0.15) is 44.0 Å². The van der Waals surface area contributed by atoms with E-state index in [1.807, 2.05) is 31.5 Å². The van der Waals surface area contributed by atoms with E-state index in [-0.39, 0.29) is 18.2 Å². The van der Waals surface area contributed by atoms with Gasteiger partial charge in [-0.2, -0.15) is 0 Å². The van der Waals surface area contributed by atoms with E-state index in [0.717, 1.165) is 45.4 Å². The molecule has 0 spiro atoms. The van der Waals surface area contributed by atoms with E-state index in [9.17, 15) is 4.79 Å². The Bertz CT molecular complexity index is 1340. The summed E-state index contributed by atoms with van der Waals surface area (Å²) in [6, 6.07) is 9.52. The number of ether oxygens (including phenoxy) is 3. The highest BCUT2D eigenvalue weighted by Gasteiger charge is 2.40. The van der Waals surface area contributed by atoms with Gasteiger partial charge in [-0.25, -0.2) is 19.7 Å². The minimum atomic E-state index is -0.375. The number of methoxy groups -OCH3 is 1. The predicted molar refractivity (Wildman–Crippen MR) is 165 cm³/mol. The summed E-state index contributed by atoms with van der Waals surface area (Å²) in [5.41, 5.74) is 3.46. The summed E-state index contributed by atoms with van der Waals surface area (Å²) < 4.78 is 18.4. The first-order chi connectivity index (χ1) is 19.9. The lowest BCUT2D eigenvalue weighted by atomic mass is 9.92. The number of carbonyl (C=O) groups is 1. The van der Waals surface area contributed by atoms with Gasteiger partial charge in [0.05, 0.1) is 62.4 Å². The van der Waals surface area contributed by atoms with Gasteiger partial charge < -0.3 is 24.0 Å². The Labute approximate surface area is 257 Å². The van der Waals surface area contributed by atoms with Crippen molar-refractivity contribution in [2.24, 2.45) is 0 Å². The number of pyridine rings is 1. The van der Waals surface area contributed by atoms with Crippen LogP contribution >= 0.6 is 31.9 Å². The summed E-state index contributed by atoms with van der Waals surface area (Å²) in [5.74, 6) is 1.05. The van der Waals surface area contributed by atoms with Crippen LogP contribution in [0.25, 0.3) is 0 Å². The largest absolute Gasteiger partial charge is 0.481 e. The molecule has 2 aliphatic heterocycles. The minimum absolute atomic E-state index is 0.105. The fraction of sp³-hybridized carbons (Fsp3) is 0.448. The summed E-state index contributed by atoms with van der Waals surface area (Å²) in [6.07, 6.45) is 4.74. The Morgan fingerprint density at radius 1 is 1.10 bits per heavy atom. The van der Waals surface area contributed by atoms with Crippen LogP contribution in [0.4, 0.5) is 22.1 Å². The van der Waals surface area contributed by atoms with Gasteiger partial charge in [-0.1, -0.05) is 38.8 Å². The van der Waals surface area contributed by atoms with E-state index in [2.05, 4.69) is 60.7 Å². The molecule has 12 heteroatoms. The lowest BCUT2D eigenvalue weighted by molar-refractivity contribution is 0.122. The lowest BCUT2D eigenvalue weighted by Crippen LogP contribution is -2.48. The molecule has 5 rings (SSSR count). The predicted octanol–water partition coefficient (Wildman–Crippen LogP) is 6.13. The van der Waals surface area contributed by atoms with Gasteiger partial charge in [0.25, 0.3) is 0 Å². The number of nitrogens with zero attached hydrogens (tertiary/aromatic N) is 6. The first-order valence-corrected chi connectivity index (χ1v) is 15.4. The van der Waals surface area contributed by atoms with Crippen LogP contribution in [0.15, 0.2) is 51.7 Å². The standard InChI is InChI=1S/C29H34Br2N6O4/c1-4-22-15-25(27-24(6-7-26(34-27)39-3)37(22)29(38)41-5-2)36(18-19-12-20(30)14-21(31)13-19)28-32-16-23(17-33-28)35-8-10-40-11-9-35/h6-7,12-14,16-17,22,25H,4-5,8-11,15,18H2,1-3H3. The van der Waals surface area contributed by atoms with Crippen molar-refractivity contribution in [3.05, 3.63) is 62.9 Å². The molecule has 1 fully saturated rings. The highest BCUT2D eigenvalue weighted by atomic mass is 79.9. The van der Waals surface area contributed by atoms with Crippen molar-refractivity contribution in [2.45, 2.75) is 45.3 Å². The number of aromatic nitrogens is 3. The zero-order valence-electron chi connectivity index (χ0n) is 23.4. The molecule has 0 saturated carbocycles. The third kappa shape index (κ3) is 6.60. The van der Waals surface area contributed by atoms with Gasteiger partial charge in [0.15, 0.2) is 0 Å². The van der Waals surface area contributed by atoms with Crippen molar-refractivity contribution in [1.29, 1.82) is 0 Å². The van der Waals surface area contributed by atoms with Gasteiger partial charge in [-0.3, -0.25) is 4.90 Å². The molecule has 2 atom stereocenters. The first-order valence-electron chi connectivity index (χ1n) is 13.8. The molecule has 0 bridgehead atoms. The number of amides is 1. The van der Waals surface area contributed by atoms with Crippen LogP contribution in [0.5, 0.6) is 5.88 Å². The smallest absolute Gasteiger partial charge is 0.414 e. The third-order valence-electron chi connectivity index (χ3n) is 7.37. The summed E-state index contributed by atoms with van der Waals surface area (Å²) in [5, 5.41) is 0. The van der Waals surface area contributed by atoms with E-state index >= 15 is 0 Å². The number of anilines is 3. The van der Waals surface area contributed by atoms with Crippen molar-refractivity contribution in [1.82, 2.24) is 15.0 Å². The maximum Gasteiger partial charge on any atom is 0.414 e. The fourth-order valence-corrected chi connectivity index (χ4v) is 6.80. The first kappa shape index (κ1) is 29.5. The highest BCUT2D eigenvalue weighted by molar-refractivity contribution is 9.11. The molecule has 0 N–H and O–H groups in total. The van der Waals surface area contributed by atoms with E-state index in [0.29, 0.717) is 50.3 Å². The van der Waals surface area contributed by atoms with Crippen LogP contribution in [0.3, 0.4) is 0 Å². The lowest BCUT2D eigenvalue weighted by Gasteiger charge is -2.43. The van der Waals surface area contributed by atoms with Crippen LogP contribution in [-0.2, 0) is 16.0 Å². The number of halogens is 2. The van der Waals surface area contributed by atoms with E-state index in [1.54, 1.807) is 18.1 Å². The quantitative estimate of drug-likeness (QED) is 0.277. The van der Waals surface area contributed by atoms with Crippen LogP contribution in [0, 0.1) is 0 Å². The molecule has 10 nitrogen and oxygen atoms in total. The maximum atomic E-state index is 13.2. The van der Waals surface area contributed by atoms with Gasteiger partial charge in [0, 0.05) is 40.7 Å². The molecule has 4 heterocycles. The maximum absolute atomic E-state index is 13.2. The second-order valence-electron chi connectivity index (χ2n) is 9.89. The van der Waals surface area contributed by atoms with E-state index < -0.39 is 0 Å². The average Bonchev–Trinajstić information content (AvgIpc) is 2.99. The fourth-order valence-electron chi connectivity index (χ4n) is 5.41. The highest BCUT2D eigenvalue weighted by Crippen LogP contribution is 2.43. The summed E-state index contributed by atoms with van der Waals surface area (Å²) >= 11 is 7.26. The Kier molecular flexibility index (Phi) is 9.61. The van der Waals surface area contributed by atoms with Crippen molar-refractivity contribution < 1.29 is 19.0 Å². The molecule has 3 aromatic rings. The number of hydrogen-bond donors (Lipinski definition) is 0. The van der Waals surface area contributed by atoms with Crippen LogP contribution in [0.2, 0.25) is 0 Å². The van der Waals surface area contributed by atoms with Crippen molar-refractivity contribution in [3.63, 3.8) is 0 Å². The van der Waals surface area contributed by atoms with Gasteiger partial charge in [0.2, 0.25) is 11.8 Å². The average molecular weight is 690 g/mol. The topological polar surface area (TPSA) is 93.1 Å². The molecule has 41 heavy (non-hydrogen) atoms. The Balaban J connectivity index is 1.60. The van der Waals surface area contributed by atoms with E-state index in [4.69, 9.17) is 29.2 Å². The molecule has 1 saturated heterocycles. The molecule has 2 unspecified atom stereocenters. The summed E-state index contributed by atoms with van der Waals surface area (Å²) in [7, 11) is 1.59. The Morgan fingerprint density at radius 2 is 1.80 bits per heavy atom. The van der Waals surface area contributed by atoms with Gasteiger partial charge in [0.1, 0.15) is 0 Å². The zero-order valence-corrected chi connectivity index (χ0v) is 26.6. The molecule has 1 amide bonds. The number of benzene rings is 1. The van der Waals surface area contributed by atoms with Gasteiger partial charge >= 0.3 is 6.09 Å². The third-order valence-corrected chi connectivity index (χ3v) is 8.28. The molecular weight excluding hydrogens is 656 g/mol. The normalized spacial score (nSPS) is 18.6. The zero-order chi connectivity index (χ0) is 28.9. The minimum Gasteiger partial charge on any atom is -0.481 e. The second kappa shape index (κ2) is 13.3. The molecule has 0 aliphatic carbocycles. The van der Waals surface area contributed by atoms with E-state index in [1.165, 1.54) is 0 Å². The molecular formula is C29H34Br2N6O4. The molecule has 2 aliphatic rings. The number of rotatable bonds is 8. The summed E-state index contributed by atoms with van der Waals surface area (Å²) in [4.78, 5) is 33.9. The SMILES string of the molecule is CCOC(=O)N1c2ccc(OC)nc2C(N(Cc2cc(Br)cc(Br)c2)c2ncc(N3CCOCC3)cn2)CC1CC. The monoisotopic (exact) mass is 688 g/mol. The number of hydrogen-bond acceptors (Lipinski definition) is 9. The van der Waals surface area contributed by atoms with Gasteiger partial charge in [-0.05, 0) is 49.6 Å². The van der Waals surface area contributed by atoms with Crippen LogP contribution < -0.4 is 19.4 Å².